The maximum atomic E-state index is 12.6. The summed E-state index contributed by atoms with van der Waals surface area (Å²) in [6.07, 6.45) is 8.75. The standard InChI is InChI=1S/C16H27N3O2/c17-14(21)16(5-3-1-2-4-6-16)19-13(20)12-11-15(12)7-9-18-10-8-15/h12,18H,1-11H2,(H2,17,21)(H,19,20)/t12-/m1/s1. The van der Waals surface area contributed by atoms with Crippen LogP contribution in [-0.4, -0.2) is 30.4 Å². The molecule has 1 spiro atoms. The van der Waals surface area contributed by atoms with Gasteiger partial charge < -0.3 is 16.4 Å². The zero-order valence-electron chi connectivity index (χ0n) is 12.7. The van der Waals surface area contributed by atoms with E-state index in [1.54, 1.807) is 0 Å². The van der Waals surface area contributed by atoms with Crippen LogP contribution in [0.15, 0.2) is 0 Å². The molecule has 0 radical (unpaired) electrons. The first-order valence-electron chi connectivity index (χ1n) is 8.41. The van der Waals surface area contributed by atoms with Crippen molar-refractivity contribution in [2.24, 2.45) is 17.1 Å². The molecule has 3 aliphatic rings. The summed E-state index contributed by atoms with van der Waals surface area (Å²) < 4.78 is 0. The number of hydrogen-bond donors (Lipinski definition) is 3. The number of piperidine rings is 1. The highest BCUT2D eigenvalue weighted by Gasteiger charge is 2.58. The molecule has 5 nitrogen and oxygen atoms in total. The van der Waals surface area contributed by atoms with Crippen molar-refractivity contribution in [1.29, 1.82) is 0 Å². The third-order valence-electron chi connectivity index (χ3n) is 5.90. The van der Waals surface area contributed by atoms with Crippen LogP contribution >= 0.6 is 0 Å². The number of nitrogens with two attached hydrogens (primary N) is 1. The predicted octanol–water partition coefficient (Wildman–Crippen LogP) is 1.07. The minimum Gasteiger partial charge on any atom is -0.368 e. The van der Waals surface area contributed by atoms with Crippen molar-refractivity contribution in [3.8, 4) is 0 Å². The largest absolute Gasteiger partial charge is 0.368 e. The van der Waals surface area contributed by atoms with Crippen molar-refractivity contribution >= 4 is 11.8 Å². The fraction of sp³-hybridized carbons (Fsp3) is 0.875. The maximum Gasteiger partial charge on any atom is 0.243 e. The molecule has 1 saturated heterocycles. The molecule has 0 bridgehead atoms. The van der Waals surface area contributed by atoms with Gasteiger partial charge in [-0.05, 0) is 50.6 Å². The maximum absolute atomic E-state index is 12.6. The average Bonchev–Trinajstić information content (AvgIpc) is 3.20. The van der Waals surface area contributed by atoms with E-state index >= 15 is 0 Å². The van der Waals surface area contributed by atoms with E-state index in [4.69, 9.17) is 5.73 Å². The summed E-state index contributed by atoms with van der Waals surface area (Å²) in [5, 5.41) is 6.42. The molecule has 2 amide bonds. The van der Waals surface area contributed by atoms with Gasteiger partial charge in [0.1, 0.15) is 5.54 Å². The van der Waals surface area contributed by atoms with E-state index in [-0.39, 0.29) is 23.1 Å². The van der Waals surface area contributed by atoms with Gasteiger partial charge in [0.2, 0.25) is 11.8 Å². The predicted molar refractivity (Wildman–Crippen MR) is 80.4 cm³/mol. The summed E-state index contributed by atoms with van der Waals surface area (Å²) in [5.74, 6) is -0.186. The highest BCUT2D eigenvalue weighted by atomic mass is 16.2. The van der Waals surface area contributed by atoms with Crippen molar-refractivity contribution in [2.45, 2.75) is 63.3 Å². The lowest BCUT2D eigenvalue weighted by Crippen LogP contribution is -2.58. The van der Waals surface area contributed by atoms with Crippen LogP contribution in [0.4, 0.5) is 0 Å². The molecule has 1 heterocycles. The van der Waals surface area contributed by atoms with Crippen molar-refractivity contribution < 1.29 is 9.59 Å². The number of carbonyl (C=O) groups excluding carboxylic acids is 2. The molecule has 4 N–H and O–H groups in total. The van der Waals surface area contributed by atoms with Crippen LogP contribution in [0.5, 0.6) is 0 Å². The first-order valence-corrected chi connectivity index (χ1v) is 8.41. The van der Waals surface area contributed by atoms with Gasteiger partial charge in [-0.2, -0.15) is 0 Å². The van der Waals surface area contributed by atoms with Gasteiger partial charge in [0.05, 0.1) is 0 Å². The molecule has 0 aromatic heterocycles. The van der Waals surface area contributed by atoms with Crippen molar-refractivity contribution in [3.05, 3.63) is 0 Å². The summed E-state index contributed by atoms with van der Waals surface area (Å²) in [6, 6.07) is 0. The van der Waals surface area contributed by atoms with Crippen LogP contribution in [-0.2, 0) is 9.59 Å². The molecule has 1 atom stereocenters. The Kier molecular flexibility index (Phi) is 3.95. The quantitative estimate of drug-likeness (QED) is 0.681. The Bertz CT molecular complexity index is 421. The van der Waals surface area contributed by atoms with Gasteiger partial charge in [0.25, 0.3) is 0 Å². The van der Waals surface area contributed by atoms with Crippen LogP contribution in [0.1, 0.15) is 57.8 Å². The Balaban J connectivity index is 1.66. The summed E-state index contributed by atoms with van der Waals surface area (Å²) in [4.78, 5) is 24.6. The molecule has 5 heteroatoms. The molecule has 0 unspecified atom stereocenters. The molecule has 0 aromatic rings. The number of primary amides is 1. The molecule has 3 rings (SSSR count). The Morgan fingerprint density at radius 1 is 1.00 bits per heavy atom. The van der Waals surface area contributed by atoms with E-state index in [9.17, 15) is 9.59 Å². The Labute approximate surface area is 126 Å². The second-order valence-electron chi connectivity index (χ2n) is 7.22. The summed E-state index contributed by atoms with van der Waals surface area (Å²) in [5.41, 5.74) is 5.07. The minimum atomic E-state index is -0.787. The molecule has 2 saturated carbocycles. The van der Waals surface area contributed by atoms with E-state index in [1.165, 1.54) is 0 Å². The number of carbonyl (C=O) groups is 2. The van der Waals surface area contributed by atoms with Crippen LogP contribution in [0.3, 0.4) is 0 Å². The van der Waals surface area contributed by atoms with Crippen molar-refractivity contribution in [3.63, 3.8) is 0 Å². The third-order valence-corrected chi connectivity index (χ3v) is 5.90. The van der Waals surface area contributed by atoms with Gasteiger partial charge in [-0.3, -0.25) is 9.59 Å². The van der Waals surface area contributed by atoms with Gasteiger partial charge >= 0.3 is 0 Å². The summed E-state index contributed by atoms with van der Waals surface area (Å²) >= 11 is 0. The van der Waals surface area contributed by atoms with E-state index in [0.29, 0.717) is 12.8 Å². The minimum absolute atomic E-state index is 0.0672. The van der Waals surface area contributed by atoms with Crippen molar-refractivity contribution in [2.75, 3.05) is 13.1 Å². The second-order valence-corrected chi connectivity index (χ2v) is 7.22. The lowest BCUT2D eigenvalue weighted by molar-refractivity contribution is -0.133. The molecule has 1 aliphatic heterocycles. The van der Waals surface area contributed by atoms with E-state index < -0.39 is 5.54 Å². The molecular formula is C16H27N3O2. The van der Waals surface area contributed by atoms with Gasteiger partial charge in [0, 0.05) is 5.92 Å². The highest BCUT2D eigenvalue weighted by Crippen LogP contribution is 2.58. The molecule has 21 heavy (non-hydrogen) atoms. The third kappa shape index (κ3) is 2.80. The molecule has 3 fully saturated rings. The lowest BCUT2D eigenvalue weighted by Gasteiger charge is -2.31. The van der Waals surface area contributed by atoms with Crippen LogP contribution < -0.4 is 16.4 Å². The Morgan fingerprint density at radius 2 is 1.62 bits per heavy atom. The fourth-order valence-corrected chi connectivity index (χ4v) is 4.28. The first kappa shape index (κ1) is 14.8. The van der Waals surface area contributed by atoms with Gasteiger partial charge in [-0.1, -0.05) is 25.7 Å². The highest BCUT2D eigenvalue weighted by molar-refractivity contribution is 5.92. The smallest absolute Gasteiger partial charge is 0.243 e. The van der Waals surface area contributed by atoms with Gasteiger partial charge in [0.15, 0.2) is 0 Å². The first-order chi connectivity index (χ1) is 10.1. The molecule has 2 aliphatic carbocycles. The van der Waals surface area contributed by atoms with E-state index in [1.807, 2.05) is 0 Å². The topological polar surface area (TPSA) is 84.2 Å². The lowest BCUT2D eigenvalue weighted by atomic mass is 9.87. The normalized spacial score (nSPS) is 30.4. The van der Waals surface area contributed by atoms with E-state index in [2.05, 4.69) is 10.6 Å². The number of nitrogens with one attached hydrogen (secondary N) is 2. The molecular weight excluding hydrogens is 266 g/mol. The summed E-state index contributed by atoms with van der Waals surface area (Å²) in [7, 11) is 0. The average molecular weight is 293 g/mol. The zero-order valence-corrected chi connectivity index (χ0v) is 12.7. The SMILES string of the molecule is NC(=O)C1(NC(=O)[C@H]2CC23CCNCC3)CCCCCC1. The second kappa shape index (κ2) is 5.59. The molecule has 118 valence electrons. The van der Waals surface area contributed by atoms with Crippen LogP contribution in [0.25, 0.3) is 0 Å². The van der Waals surface area contributed by atoms with Crippen LogP contribution in [0.2, 0.25) is 0 Å². The number of rotatable bonds is 3. The number of amides is 2. The molecule has 0 aromatic carbocycles. The van der Waals surface area contributed by atoms with Gasteiger partial charge in [-0.15, -0.1) is 0 Å². The Morgan fingerprint density at radius 3 is 2.19 bits per heavy atom. The van der Waals surface area contributed by atoms with Gasteiger partial charge in [-0.25, -0.2) is 0 Å². The van der Waals surface area contributed by atoms with Crippen LogP contribution in [0, 0.1) is 11.3 Å². The van der Waals surface area contributed by atoms with E-state index in [0.717, 1.165) is 58.0 Å². The number of hydrogen-bond acceptors (Lipinski definition) is 3. The monoisotopic (exact) mass is 293 g/mol. The van der Waals surface area contributed by atoms with Crippen molar-refractivity contribution in [1.82, 2.24) is 10.6 Å². The zero-order chi connectivity index (χ0) is 14.9. The Hall–Kier alpha value is -1.10. The summed E-state index contributed by atoms with van der Waals surface area (Å²) in [6.45, 7) is 2.01. The fourth-order valence-electron chi connectivity index (χ4n) is 4.28.